The number of anilines is 1. The molecule has 18 heavy (non-hydrogen) atoms. The highest BCUT2D eigenvalue weighted by molar-refractivity contribution is 6.30. The summed E-state index contributed by atoms with van der Waals surface area (Å²) in [5.74, 6) is -0.336. The van der Waals surface area contributed by atoms with E-state index >= 15 is 0 Å². The standard InChI is InChI=1S/C13H17ClN2O2/c1-9(2)16(10(3)17)8-13(18)15-12-6-4-11(14)5-7-12/h4-7,9H,8H2,1-3H3,(H,15,18). The van der Waals surface area contributed by atoms with Crippen LogP contribution in [-0.4, -0.2) is 29.3 Å². The zero-order valence-electron chi connectivity index (χ0n) is 10.7. The van der Waals surface area contributed by atoms with Crippen molar-refractivity contribution >= 4 is 29.1 Å². The minimum absolute atomic E-state index is 0.00142. The summed E-state index contributed by atoms with van der Waals surface area (Å²) in [5, 5.41) is 3.33. The summed E-state index contributed by atoms with van der Waals surface area (Å²) in [5.41, 5.74) is 0.664. The molecule has 0 aliphatic rings. The topological polar surface area (TPSA) is 49.4 Å². The van der Waals surface area contributed by atoms with Crippen molar-refractivity contribution in [1.29, 1.82) is 0 Å². The zero-order chi connectivity index (χ0) is 13.7. The third-order valence-corrected chi connectivity index (χ3v) is 2.72. The number of halogens is 1. The van der Waals surface area contributed by atoms with Crippen molar-refractivity contribution in [3.8, 4) is 0 Å². The Hall–Kier alpha value is -1.55. The molecule has 0 heterocycles. The van der Waals surface area contributed by atoms with Crippen molar-refractivity contribution in [2.24, 2.45) is 0 Å². The molecule has 0 saturated carbocycles. The molecule has 1 N–H and O–H groups in total. The Morgan fingerprint density at radius 2 is 1.83 bits per heavy atom. The Kier molecular flexibility index (Phi) is 5.16. The van der Waals surface area contributed by atoms with Gasteiger partial charge in [-0.2, -0.15) is 0 Å². The summed E-state index contributed by atoms with van der Waals surface area (Å²) >= 11 is 5.75. The Bertz CT molecular complexity index is 429. The summed E-state index contributed by atoms with van der Waals surface area (Å²) in [4.78, 5) is 24.6. The molecule has 0 aliphatic heterocycles. The van der Waals surface area contributed by atoms with Gasteiger partial charge in [0.2, 0.25) is 11.8 Å². The van der Waals surface area contributed by atoms with Crippen LogP contribution in [0.5, 0.6) is 0 Å². The molecular formula is C13H17ClN2O2. The van der Waals surface area contributed by atoms with Crippen LogP contribution in [0.3, 0.4) is 0 Å². The molecule has 4 nitrogen and oxygen atoms in total. The molecule has 0 spiro atoms. The van der Waals surface area contributed by atoms with Crippen LogP contribution in [0.1, 0.15) is 20.8 Å². The van der Waals surface area contributed by atoms with Gasteiger partial charge in [-0.3, -0.25) is 9.59 Å². The maximum atomic E-state index is 11.8. The predicted octanol–water partition coefficient (Wildman–Crippen LogP) is 2.54. The summed E-state index contributed by atoms with van der Waals surface area (Å²) in [6.45, 7) is 5.25. The zero-order valence-corrected chi connectivity index (χ0v) is 11.5. The number of hydrogen-bond donors (Lipinski definition) is 1. The monoisotopic (exact) mass is 268 g/mol. The molecule has 1 rings (SSSR count). The fourth-order valence-corrected chi connectivity index (χ4v) is 1.67. The Labute approximate surface area is 112 Å². The van der Waals surface area contributed by atoms with E-state index in [1.54, 1.807) is 24.3 Å². The van der Waals surface area contributed by atoms with E-state index in [9.17, 15) is 9.59 Å². The molecule has 1 aromatic carbocycles. The predicted molar refractivity (Wildman–Crippen MR) is 72.6 cm³/mol. The maximum Gasteiger partial charge on any atom is 0.244 e. The van der Waals surface area contributed by atoms with Crippen molar-refractivity contribution in [1.82, 2.24) is 4.90 Å². The minimum Gasteiger partial charge on any atom is -0.331 e. The lowest BCUT2D eigenvalue weighted by atomic mass is 10.3. The van der Waals surface area contributed by atoms with Gasteiger partial charge in [0.15, 0.2) is 0 Å². The third kappa shape index (κ3) is 4.37. The van der Waals surface area contributed by atoms with Crippen LogP contribution in [0.2, 0.25) is 5.02 Å². The van der Waals surface area contributed by atoms with Crippen LogP contribution in [0, 0.1) is 0 Å². The van der Waals surface area contributed by atoms with Crippen molar-refractivity contribution in [2.75, 3.05) is 11.9 Å². The Morgan fingerprint density at radius 1 is 1.28 bits per heavy atom. The second-order valence-electron chi connectivity index (χ2n) is 4.30. The first-order valence-electron chi connectivity index (χ1n) is 5.72. The molecule has 0 aromatic heterocycles. The van der Waals surface area contributed by atoms with Gasteiger partial charge in [0, 0.05) is 23.7 Å². The smallest absolute Gasteiger partial charge is 0.244 e. The number of nitrogens with one attached hydrogen (secondary N) is 1. The quantitative estimate of drug-likeness (QED) is 0.912. The number of amides is 2. The molecule has 2 amide bonds. The lowest BCUT2D eigenvalue weighted by Gasteiger charge is -2.24. The van der Waals surface area contributed by atoms with Crippen LogP contribution < -0.4 is 5.32 Å². The fraction of sp³-hybridized carbons (Fsp3) is 0.385. The molecule has 0 bridgehead atoms. The molecule has 98 valence electrons. The molecule has 0 radical (unpaired) electrons. The van der Waals surface area contributed by atoms with Crippen LogP contribution in [0.15, 0.2) is 24.3 Å². The largest absolute Gasteiger partial charge is 0.331 e. The minimum atomic E-state index is -0.221. The average Bonchev–Trinajstić information content (AvgIpc) is 2.28. The lowest BCUT2D eigenvalue weighted by molar-refractivity contribution is -0.134. The fourth-order valence-electron chi connectivity index (χ4n) is 1.55. The van der Waals surface area contributed by atoms with Gasteiger partial charge >= 0.3 is 0 Å². The summed E-state index contributed by atoms with van der Waals surface area (Å²) < 4.78 is 0. The molecule has 0 aliphatic carbocycles. The van der Waals surface area contributed by atoms with Gasteiger partial charge in [-0.15, -0.1) is 0 Å². The number of nitrogens with zero attached hydrogens (tertiary/aromatic N) is 1. The van der Waals surface area contributed by atoms with Gasteiger partial charge in [-0.25, -0.2) is 0 Å². The highest BCUT2D eigenvalue weighted by atomic mass is 35.5. The molecule has 0 unspecified atom stereocenters. The van der Waals surface area contributed by atoms with Crippen LogP contribution in [-0.2, 0) is 9.59 Å². The van der Waals surface area contributed by atoms with Crippen molar-refractivity contribution in [2.45, 2.75) is 26.8 Å². The normalized spacial score (nSPS) is 10.3. The summed E-state index contributed by atoms with van der Waals surface area (Å²) in [6.07, 6.45) is 0. The van der Waals surface area contributed by atoms with Crippen LogP contribution >= 0.6 is 11.6 Å². The summed E-state index contributed by atoms with van der Waals surface area (Å²) in [7, 11) is 0. The second-order valence-corrected chi connectivity index (χ2v) is 4.73. The van der Waals surface area contributed by atoms with Crippen LogP contribution in [0.4, 0.5) is 5.69 Å². The Morgan fingerprint density at radius 3 is 2.28 bits per heavy atom. The van der Waals surface area contributed by atoms with Gasteiger partial charge < -0.3 is 10.2 Å². The van der Waals surface area contributed by atoms with Crippen LogP contribution in [0.25, 0.3) is 0 Å². The van der Waals surface area contributed by atoms with Gasteiger partial charge in [-0.05, 0) is 38.1 Å². The van der Waals surface area contributed by atoms with Gasteiger partial charge in [0.1, 0.15) is 6.54 Å². The first kappa shape index (κ1) is 14.5. The number of benzene rings is 1. The van der Waals surface area contributed by atoms with E-state index in [2.05, 4.69) is 5.32 Å². The molecule has 1 aromatic rings. The lowest BCUT2D eigenvalue weighted by Crippen LogP contribution is -2.41. The molecule has 5 heteroatoms. The number of hydrogen-bond acceptors (Lipinski definition) is 2. The van der Waals surface area contributed by atoms with Crippen molar-refractivity contribution in [3.63, 3.8) is 0 Å². The highest BCUT2D eigenvalue weighted by Crippen LogP contribution is 2.13. The third-order valence-electron chi connectivity index (χ3n) is 2.47. The van der Waals surface area contributed by atoms with Gasteiger partial charge in [0.25, 0.3) is 0 Å². The van der Waals surface area contributed by atoms with E-state index in [0.29, 0.717) is 10.7 Å². The van der Waals surface area contributed by atoms with Crippen molar-refractivity contribution < 1.29 is 9.59 Å². The molecule has 0 atom stereocenters. The van der Waals surface area contributed by atoms with E-state index in [1.807, 2.05) is 13.8 Å². The second kappa shape index (κ2) is 6.40. The van der Waals surface area contributed by atoms with E-state index in [4.69, 9.17) is 11.6 Å². The van der Waals surface area contributed by atoms with E-state index in [0.717, 1.165) is 0 Å². The molecule has 0 fully saturated rings. The van der Waals surface area contributed by atoms with Gasteiger partial charge in [-0.1, -0.05) is 11.6 Å². The molecular weight excluding hydrogens is 252 g/mol. The number of rotatable bonds is 4. The highest BCUT2D eigenvalue weighted by Gasteiger charge is 2.16. The van der Waals surface area contributed by atoms with Gasteiger partial charge in [0.05, 0.1) is 0 Å². The maximum absolute atomic E-state index is 11.8. The first-order valence-corrected chi connectivity index (χ1v) is 6.10. The molecule has 0 saturated heterocycles. The average molecular weight is 269 g/mol. The van der Waals surface area contributed by atoms with E-state index in [-0.39, 0.29) is 24.4 Å². The SMILES string of the molecule is CC(=O)N(CC(=O)Nc1ccc(Cl)cc1)C(C)C. The number of carbonyl (C=O) groups excluding carboxylic acids is 2. The summed E-state index contributed by atoms with van der Waals surface area (Å²) in [6, 6.07) is 6.82. The van der Waals surface area contributed by atoms with Crippen molar-refractivity contribution in [3.05, 3.63) is 29.3 Å². The number of carbonyl (C=O) groups is 2. The first-order chi connectivity index (χ1) is 8.40. The van der Waals surface area contributed by atoms with E-state index in [1.165, 1.54) is 11.8 Å². The Balaban J connectivity index is 2.60. The van der Waals surface area contributed by atoms with E-state index < -0.39 is 0 Å².